The summed E-state index contributed by atoms with van der Waals surface area (Å²) in [7, 11) is 0. The fraction of sp³-hybridized carbons (Fsp3) is 0. The van der Waals surface area contributed by atoms with E-state index in [0.29, 0.717) is 0 Å². The number of H-pyrrole nitrogens is 2. The standard InChI is InChI=1S/C20H14N4.C3H2NO.Cd/c1-2-14-10-16-5-6-18(23-16)12-20-8-7-19(24-20)11-17-4-3-15(22-17)9-13(1)21-14;1-2-5-3-4-1;/h1-12,21,24H;1-2H;. The molecule has 4 aromatic heterocycles. The molecule has 6 heterocycles. The van der Waals surface area contributed by atoms with Crippen LogP contribution in [0.5, 0.6) is 0 Å². The van der Waals surface area contributed by atoms with Crippen molar-refractivity contribution in [1.29, 1.82) is 0 Å². The van der Waals surface area contributed by atoms with Gasteiger partial charge in [-0.05, 0) is 72.8 Å². The van der Waals surface area contributed by atoms with Crippen LogP contribution in [0.25, 0.3) is 46.4 Å². The second-order valence-corrected chi connectivity index (χ2v) is 8.56. The molecule has 0 fully saturated rings. The third-order valence-corrected chi connectivity index (χ3v) is 5.52. The molecule has 2 N–H and O–H groups in total. The van der Waals surface area contributed by atoms with Gasteiger partial charge in [-0.3, -0.25) is 0 Å². The van der Waals surface area contributed by atoms with Crippen molar-refractivity contribution in [3.05, 3.63) is 83.8 Å². The van der Waals surface area contributed by atoms with Gasteiger partial charge in [0, 0.05) is 22.1 Å². The van der Waals surface area contributed by atoms with Crippen LogP contribution in [0.2, 0.25) is 0 Å². The van der Waals surface area contributed by atoms with Gasteiger partial charge in [0.2, 0.25) is 0 Å². The Morgan fingerprint density at radius 1 is 0.633 bits per heavy atom. The van der Waals surface area contributed by atoms with Crippen molar-refractivity contribution in [3.63, 3.8) is 0 Å². The van der Waals surface area contributed by atoms with Crippen LogP contribution in [0.4, 0.5) is 0 Å². The molecule has 7 heteroatoms. The zero-order chi connectivity index (χ0) is 20.3. The molecule has 30 heavy (non-hydrogen) atoms. The molecule has 2 aliphatic rings. The quantitative estimate of drug-likeness (QED) is 0.307. The molecule has 0 aromatic carbocycles. The van der Waals surface area contributed by atoms with E-state index < -0.39 is 0 Å². The molecule has 0 radical (unpaired) electrons. The summed E-state index contributed by atoms with van der Waals surface area (Å²) < 4.78 is 5.69. The Bertz CT molecular complexity index is 1240. The number of aromatic nitrogens is 5. The Morgan fingerprint density at radius 2 is 1.03 bits per heavy atom. The van der Waals surface area contributed by atoms with Gasteiger partial charge in [0.05, 0.1) is 22.8 Å². The van der Waals surface area contributed by atoms with Crippen molar-refractivity contribution >= 4 is 49.8 Å². The average Bonchev–Trinajstić information content (AvgIpc) is 3.52. The number of oxazole rings is 1. The van der Waals surface area contributed by atoms with Crippen molar-refractivity contribution in [2.24, 2.45) is 0 Å². The van der Waals surface area contributed by atoms with Gasteiger partial charge in [-0.25, -0.2) is 9.97 Å². The van der Waals surface area contributed by atoms with Crippen molar-refractivity contribution in [3.8, 4) is 0 Å². The second kappa shape index (κ2) is 8.23. The molecule has 4 aromatic rings. The van der Waals surface area contributed by atoms with E-state index in [4.69, 9.17) is 4.42 Å². The number of aromatic amines is 2. The molecule has 6 rings (SSSR count). The summed E-state index contributed by atoms with van der Waals surface area (Å²) >= 11 is 0.719. The van der Waals surface area contributed by atoms with Crippen LogP contribution in [-0.4, -0.2) is 24.9 Å². The van der Waals surface area contributed by atoms with Crippen molar-refractivity contribution < 1.29 is 30.2 Å². The van der Waals surface area contributed by atoms with E-state index in [1.165, 1.54) is 0 Å². The first-order valence-electron chi connectivity index (χ1n) is 9.46. The minimum absolute atomic E-state index is 0.719. The minimum atomic E-state index is 0.719. The van der Waals surface area contributed by atoms with Gasteiger partial charge in [0.1, 0.15) is 0 Å². The Kier molecular flexibility index (Phi) is 5.14. The fourth-order valence-corrected chi connectivity index (χ4v) is 3.77. The number of nitrogens with one attached hydrogen (secondary N) is 2. The zero-order valence-corrected chi connectivity index (χ0v) is 20.1. The number of nitrogens with zero attached hydrogens (tertiary/aromatic N) is 3. The van der Waals surface area contributed by atoms with E-state index >= 15 is 0 Å². The number of hydrogen-bond donors (Lipinski definition) is 2. The Labute approximate surface area is 188 Å². The summed E-state index contributed by atoms with van der Waals surface area (Å²) in [6.45, 7) is 0. The third-order valence-electron chi connectivity index (χ3n) is 4.53. The molecule has 0 unspecified atom stereocenters. The molecule has 0 spiro atoms. The van der Waals surface area contributed by atoms with Crippen molar-refractivity contribution in [2.75, 3.05) is 0 Å². The number of rotatable bonds is 0. The average molecular weight is 491 g/mol. The normalized spacial score (nSPS) is 11.9. The van der Waals surface area contributed by atoms with Gasteiger partial charge in [0.25, 0.3) is 0 Å². The summed E-state index contributed by atoms with van der Waals surface area (Å²) in [6, 6.07) is 16.4. The maximum atomic E-state index is 4.80. The number of fused-ring (bicyclic) bond motifs is 8. The van der Waals surface area contributed by atoms with E-state index in [0.717, 1.165) is 74.1 Å². The van der Waals surface area contributed by atoms with E-state index in [1.54, 1.807) is 12.5 Å². The van der Waals surface area contributed by atoms with Crippen LogP contribution < -0.4 is 3.45 Å². The van der Waals surface area contributed by atoms with Gasteiger partial charge in [-0.1, -0.05) is 0 Å². The van der Waals surface area contributed by atoms with E-state index in [2.05, 4.69) is 49.2 Å². The molecule has 2 aliphatic heterocycles. The molecule has 0 saturated heterocycles. The van der Waals surface area contributed by atoms with E-state index in [-0.39, 0.29) is 0 Å². The molecule has 0 aliphatic carbocycles. The summed E-state index contributed by atoms with van der Waals surface area (Å²) in [5, 5.41) is 0. The fourth-order valence-electron chi connectivity index (χ4n) is 3.20. The SMILES string of the molecule is C1=Cc2cc3ccc(cc4nc(cc5ccc(cc1n2)[nH]5)C=C4)[nH]3.[Cd][c]1ncco1. The first-order chi connectivity index (χ1) is 14.7. The van der Waals surface area contributed by atoms with Crippen molar-refractivity contribution in [1.82, 2.24) is 24.9 Å². The summed E-state index contributed by atoms with van der Waals surface area (Å²) in [5.74, 6) is 0. The summed E-state index contributed by atoms with van der Waals surface area (Å²) in [6.07, 6.45) is 11.3. The maximum absolute atomic E-state index is 4.80. The van der Waals surface area contributed by atoms with E-state index in [1.807, 2.05) is 48.6 Å². The topological polar surface area (TPSA) is 83.4 Å². The molecular formula is C23H16CdN5O. The molecular weight excluding hydrogens is 475 g/mol. The van der Waals surface area contributed by atoms with Gasteiger partial charge in [-0.2, -0.15) is 0 Å². The predicted molar refractivity (Wildman–Crippen MR) is 115 cm³/mol. The van der Waals surface area contributed by atoms with Gasteiger partial charge in [-0.15, -0.1) is 0 Å². The Hall–Kier alpha value is -3.27. The summed E-state index contributed by atoms with van der Waals surface area (Å²) in [5.41, 5.74) is 7.86. The molecule has 6 nitrogen and oxygen atoms in total. The van der Waals surface area contributed by atoms with Crippen LogP contribution in [0.3, 0.4) is 0 Å². The van der Waals surface area contributed by atoms with Crippen LogP contribution >= 0.6 is 0 Å². The Balaban J connectivity index is 0.000000279. The van der Waals surface area contributed by atoms with Gasteiger partial charge in [0.15, 0.2) is 0 Å². The molecule has 141 valence electrons. The molecule has 0 amide bonds. The van der Waals surface area contributed by atoms with Gasteiger partial charge < -0.3 is 9.97 Å². The van der Waals surface area contributed by atoms with Crippen molar-refractivity contribution in [2.45, 2.75) is 0 Å². The van der Waals surface area contributed by atoms with Crippen LogP contribution in [0.1, 0.15) is 22.8 Å². The molecule has 0 saturated carbocycles. The first-order valence-corrected chi connectivity index (χ1v) is 11.5. The van der Waals surface area contributed by atoms with Crippen LogP contribution in [0, 0.1) is 0 Å². The van der Waals surface area contributed by atoms with E-state index in [9.17, 15) is 0 Å². The number of hydrogen-bond acceptors (Lipinski definition) is 4. The summed E-state index contributed by atoms with van der Waals surface area (Å²) in [4.78, 5) is 19.8. The predicted octanol–water partition coefficient (Wildman–Crippen LogP) is 4.50. The zero-order valence-electron chi connectivity index (χ0n) is 16.0. The Morgan fingerprint density at radius 3 is 1.30 bits per heavy atom. The first kappa shape index (κ1) is 18.7. The monoisotopic (exact) mass is 492 g/mol. The van der Waals surface area contributed by atoms with Gasteiger partial charge >= 0.3 is 51.1 Å². The second-order valence-electron chi connectivity index (χ2n) is 6.83. The van der Waals surface area contributed by atoms with Crippen LogP contribution in [0.15, 0.2) is 65.4 Å². The third kappa shape index (κ3) is 4.48. The molecule has 8 bridgehead atoms. The van der Waals surface area contributed by atoms with Crippen LogP contribution in [-0.2, 0) is 25.8 Å². The molecule has 0 atom stereocenters.